The standard InChI is InChI=1S/C21H26ClN5.ClH/c1-21(2)26-19(23)25-20(24)27(21)17-13-11-15(12-14-17)7-3-4-8-16-9-5-6-10-18(16)22;/h5-6,9-14H,3-4,7-8H2,1-2H3,(H4,23,24,25,26);1H. The van der Waals surface area contributed by atoms with Crippen molar-refractivity contribution in [3.63, 3.8) is 0 Å². The fraction of sp³-hybridized carbons (Fsp3) is 0.333. The minimum absolute atomic E-state index is 0. The van der Waals surface area contributed by atoms with Crippen LogP contribution in [0.15, 0.2) is 58.5 Å². The second-order valence-corrected chi connectivity index (χ2v) is 7.64. The molecule has 0 aromatic heterocycles. The number of nitrogens with two attached hydrogens (primary N) is 2. The first-order valence-electron chi connectivity index (χ1n) is 9.19. The van der Waals surface area contributed by atoms with Crippen LogP contribution in [0.1, 0.15) is 37.8 Å². The topological polar surface area (TPSA) is 80.0 Å². The van der Waals surface area contributed by atoms with Crippen molar-refractivity contribution in [1.82, 2.24) is 0 Å². The zero-order chi connectivity index (χ0) is 19.4. The highest BCUT2D eigenvalue weighted by molar-refractivity contribution is 6.31. The highest BCUT2D eigenvalue weighted by atomic mass is 35.5. The van der Waals surface area contributed by atoms with E-state index in [4.69, 9.17) is 23.1 Å². The lowest BCUT2D eigenvalue weighted by atomic mass is 10.0. The third kappa shape index (κ3) is 5.18. The molecular weight excluding hydrogens is 393 g/mol. The molecule has 3 rings (SSSR count). The molecule has 1 heterocycles. The van der Waals surface area contributed by atoms with Crippen molar-refractivity contribution in [2.45, 2.75) is 45.2 Å². The van der Waals surface area contributed by atoms with E-state index < -0.39 is 5.66 Å². The van der Waals surface area contributed by atoms with Gasteiger partial charge < -0.3 is 11.5 Å². The quantitative estimate of drug-likeness (QED) is 0.675. The van der Waals surface area contributed by atoms with Crippen molar-refractivity contribution < 1.29 is 0 Å². The Bertz CT molecular complexity index is 859. The summed E-state index contributed by atoms with van der Waals surface area (Å²) < 4.78 is 0. The number of guanidine groups is 2. The number of aryl methyl sites for hydroxylation is 2. The molecule has 0 atom stereocenters. The van der Waals surface area contributed by atoms with Crippen LogP contribution in [0.2, 0.25) is 5.02 Å². The van der Waals surface area contributed by atoms with Crippen LogP contribution in [0, 0.1) is 0 Å². The Morgan fingerprint density at radius 2 is 1.61 bits per heavy atom. The molecule has 2 aromatic carbocycles. The lowest BCUT2D eigenvalue weighted by molar-refractivity contribution is 0.534. The molecule has 0 bridgehead atoms. The average molecular weight is 420 g/mol. The molecule has 0 fully saturated rings. The average Bonchev–Trinajstić information content (AvgIpc) is 2.59. The van der Waals surface area contributed by atoms with Gasteiger partial charge in [-0.25, -0.2) is 4.99 Å². The smallest absolute Gasteiger partial charge is 0.220 e. The summed E-state index contributed by atoms with van der Waals surface area (Å²) in [5, 5.41) is 0.855. The maximum Gasteiger partial charge on any atom is 0.220 e. The van der Waals surface area contributed by atoms with Crippen LogP contribution >= 0.6 is 24.0 Å². The van der Waals surface area contributed by atoms with Gasteiger partial charge in [0.05, 0.1) is 0 Å². The molecule has 28 heavy (non-hydrogen) atoms. The van der Waals surface area contributed by atoms with Gasteiger partial charge in [-0.15, -0.1) is 12.4 Å². The predicted octanol–water partition coefficient (Wildman–Crippen LogP) is 4.51. The normalized spacial score (nSPS) is 15.5. The summed E-state index contributed by atoms with van der Waals surface area (Å²) in [6, 6.07) is 16.4. The van der Waals surface area contributed by atoms with Crippen molar-refractivity contribution in [3.8, 4) is 0 Å². The third-order valence-electron chi connectivity index (χ3n) is 4.71. The van der Waals surface area contributed by atoms with Gasteiger partial charge in [-0.05, 0) is 68.9 Å². The number of halogens is 2. The molecular formula is C21H27Cl2N5. The minimum atomic E-state index is -0.563. The van der Waals surface area contributed by atoms with Crippen LogP contribution in [0.5, 0.6) is 0 Å². The van der Waals surface area contributed by atoms with Gasteiger partial charge in [0.25, 0.3) is 0 Å². The second kappa shape index (κ2) is 9.30. The number of rotatable bonds is 6. The van der Waals surface area contributed by atoms with E-state index in [2.05, 4.69) is 40.3 Å². The summed E-state index contributed by atoms with van der Waals surface area (Å²) in [7, 11) is 0. The number of benzene rings is 2. The van der Waals surface area contributed by atoms with Gasteiger partial charge in [0.2, 0.25) is 11.9 Å². The highest BCUT2D eigenvalue weighted by Gasteiger charge is 2.32. The Labute approximate surface area is 177 Å². The van der Waals surface area contributed by atoms with Crippen LogP contribution in [0.25, 0.3) is 0 Å². The van der Waals surface area contributed by atoms with Gasteiger partial charge in [0, 0.05) is 10.7 Å². The van der Waals surface area contributed by atoms with E-state index in [0.29, 0.717) is 5.96 Å². The number of aliphatic imine (C=N–C) groups is 2. The lowest BCUT2D eigenvalue weighted by Gasteiger charge is -2.38. The number of nitrogens with zero attached hydrogens (tertiary/aromatic N) is 3. The van der Waals surface area contributed by atoms with Crippen molar-refractivity contribution in [1.29, 1.82) is 0 Å². The first-order valence-corrected chi connectivity index (χ1v) is 9.57. The zero-order valence-corrected chi connectivity index (χ0v) is 17.8. The summed E-state index contributed by atoms with van der Waals surface area (Å²) in [5.41, 5.74) is 14.7. The van der Waals surface area contributed by atoms with Gasteiger partial charge in [0.1, 0.15) is 5.66 Å². The fourth-order valence-electron chi connectivity index (χ4n) is 3.41. The van der Waals surface area contributed by atoms with Crippen molar-refractivity contribution in [3.05, 3.63) is 64.7 Å². The SMILES string of the molecule is CC1(C)N=C(N)N=C(N)N1c1ccc(CCCCc2ccccc2Cl)cc1.Cl. The molecule has 4 N–H and O–H groups in total. The first kappa shape index (κ1) is 22.1. The maximum absolute atomic E-state index is 6.21. The van der Waals surface area contributed by atoms with Crippen LogP contribution in [0.4, 0.5) is 5.69 Å². The van der Waals surface area contributed by atoms with Crippen LogP contribution < -0.4 is 16.4 Å². The highest BCUT2D eigenvalue weighted by Crippen LogP contribution is 2.28. The molecule has 0 saturated carbocycles. The fourth-order valence-corrected chi connectivity index (χ4v) is 3.64. The Hall–Kier alpha value is -2.24. The van der Waals surface area contributed by atoms with E-state index in [1.807, 2.05) is 36.9 Å². The Morgan fingerprint density at radius 3 is 2.25 bits per heavy atom. The molecule has 5 nitrogen and oxygen atoms in total. The Kier molecular flexibility index (Phi) is 7.33. The first-order chi connectivity index (χ1) is 12.9. The van der Waals surface area contributed by atoms with Gasteiger partial charge >= 0.3 is 0 Å². The zero-order valence-electron chi connectivity index (χ0n) is 16.2. The Morgan fingerprint density at radius 1 is 0.964 bits per heavy atom. The Balaban J connectivity index is 0.00000280. The summed E-state index contributed by atoms with van der Waals surface area (Å²) in [5.74, 6) is 0.573. The number of hydrogen-bond acceptors (Lipinski definition) is 5. The van der Waals surface area contributed by atoms with E-state index in [9.17, 15) is 0 Å². The predicted molar refractivity (Wildman–Crippen MR) is 122 cm³/mol. The third-order valence-corrected chi connectivity index (χ3v) is 5.08. The van der Waals surface area contributed by atoms with E-state index in [1.54, 1.807) is 0 Å². The van der Waals surface area contributed by atoms with Gasteiger partial charge in [-0.3, -0.25) is 4.90 Å². The summed E-state index contributed by atoms with van der Waals surface area (Å²) in [6.07, 6.45) is 4.26. The number of unbranched alkanes of at least 4 members (excludes halogenated alkanes) is 1. The van der Waals surface area contributed by atoms with Crippen LogP contribution in [-0.2, 0) is 12.8 Å². The molecule has 0 aliphatic carbocycles. The van der Waals surface area contributed by atoms with Crippen LogP contribution in [-0.4, -0.2) is 17.6 Å². The molecule has 7 heteroatoms. The molecule has 1 aliphatic heterocycles. The van der Waals surface area contributed by atoms with Gasteiger partial charge in [-0.2, -0.15) is 4.99 Å². The molecule has 150 valence electrons. The summed E-state index contributed by atoms with van der Waals surface area (Å²) >= 11 is 6.21. The van der Waals surface area contributed by atoms with Crippen LogP contribution in [0.3, 0.4) is 0 Å². The maximum atomic E-state index is 6.21. The number of hydrogen-bond donors (Lipinski definition) is 2. The molecule has 2 aromatic rings. The number of anilines is 1. The van der Waals surface area contributed by atoms with E-state index in [0.717, 1.165) is 36.4 Å². The van der Waals surface area contributed by atoms with E-state index >= 15 is 0 Å². The molecule has 0 saturated heterocycles. The van der Waals surface area contributed by atoms with Gasteiger partial charge in [0.15, 0.2) is 0 Å². The minimum Gasteiger partial charge on any atom is -0.369 e. The lowest BCUT2D eigenvalue weighted by Crippen LogP contribution is -2.54. The van der Waals surface area contributed by atoms with Crippen molar-refractivity contribution >= 4 is 41.6 Å². The summed E-state index contributed by atoms with van der Waals surface area (Å²) in [4.78, 5) is 10.4. The summed E-state index contributed by atoms with van der Waals surface area (Å²) in [6.45, 7) is 3.92. The molecule has 0 amide bonds. The molecule has 0 spiro atoms. The largest absolute Gasteiger partial charge is 0.369 e. The van der Waals surface area contributed by atoms with E-state index in [-0.39, 0.29) is 18.4 Å². The molecule has 0 unspecified atom stereocenters. The molecule has 1 aliphatic rings. The van der Waals surface area contributed by atoms with Crippen molar-refractivity contribution in [2.24, 2.45) is 21.5 Å². The van der Waals surface area contributed by atoms with Crippen molar-refractivity contribution in [2.75, 3.05) is 4.90 Å². The van der Waals surface area contributed by atoms with E-state index in [1.165, 1.54) is 11.1 Å². The van der Waals surface area contributed by atoms with Gasteiger partial charge in [-0.1, -0.05) is 41.9 Å². The monoisotopic (exact) mass is 419 g/mol. The second-order valence-electron chi connectivity index (χ2n) is 7.23. The molecule has 0 radical (unpaired) electrons.